The predicted molar refractivity (Wildman–Crippen MR) is 76.9 cm³/mol. The highest BCUT2D eigenvalue weighted by Gasteiger charge is 2.32. The predicted octanol–water partition coefficient (Wildman–Crippen LogP) is 2.02. The molecule has 6 heteroatoms. The fourth-order valence-electron chi connectivity index (χ4n) is 3.06. The Balaban J connectivity index is 1.35. The number of hydrogen-bond acceptors (Lipinski definition) is 5. The molecule has 0 aromatic carbocycles. The van der Waals surface area contributed by atoms with Crippen LogP contribution >= 0.6 is 0 Å². The Hall–Kier alpha value is -1.69. The zero-order valence-corrected chi connectivity index (χ0v) is 12.2. The first kappa shape index (κ1) is 13.0. The van der Waals surface area contributed by atoms with Crippen LogP contribution in [0, 0.1) is 0 Å². The van der Waals surface area contributed by atoms with Gasteiger partial charge in [-0.25, -0.2) is 0 Å². The van der Waals surface area contributed by atoms with Crippen molar-refractivity contribution in [3.8, 4) is 0 Å². The maximum Gasteiger partial charge on any atom is 0.229 e. The molecule has 0 N–H and O–H groups in total. The molecule has 1 saturated carbocycles. The van der Waals surface area contributed by atoms with Crippen molar-refractivity contribution >= 4 is 0 Å². The smallest absolute Gasteiger partial charge is 0.229 e. The lowest BCUT2D eigenvalue weighted by molar-refractivity contribution is 0.193. The van der Waals surface area contributed by atoms with Crippen LogP contribution in [0.3, 0.4) is 0 Å². The van der Waals surface area contributed by atoms with E-state index >= 15 is 0 Å². The number of nitrogens with zero attached hydrogens (tertiary/aromatic N) is 5. The quantitative estimate of drug-likeness (QED) is 0.842. The molecule has 2 aliphatic rings. The summed E-state index contributed by atoms with van der Waals surface area (Å²) in [4.78, 5) is 7.11. The molecule has 2 fully saturated rings. The SMILES string of the molecule is c1cnn(CCN2CCC[C@H](c3noc(C4CC4)n3)C2)c1. The molecule has 1 saturated heterocycles. The van der Waals surface area contributed by atoms with Crippen molar-refractivity contribution < 1.29 is 4.52 Å². The first-order chi connectivity index (χ1) is 10.4. The third-order valence-electron chi connectivity index (χ3n) is 4.46. The van der Waals surface area contributed by atoms with Gasteiger partial charge in [0.25, 0.3) is 0 Å². The van der Waals surface area contributed by atoms with Gasteiger partial charge in [-0.05, 0) is 38.3 Å². The van der Waals surface area contributed by atoms with Gasteiger partial charge in [0.2, 0.25) is 5.89 Å². The monoisotopic (exact) mass is 287 g/mol. The van der Waals surface area contributed by atoms with Gasteiger partial charge in [-0.1, -0.05) is 5.16 Å². The first-order valence-corrected chi connectivity index (χ1v) is 7.92. The maximum atomic E-state index is 5.40. The molecular formula is C15H21N5O. The van der Waals surface area contributed by atoms with Gasteiger partial charge >= 0.3 is 0 Å². The maximum absolute atomic E-state index is 5.40. The van der Waals surface area contributed by atoms with Crippen molar-refractivity contribution in [2.75, 3.05) is 19.6 Å². The van der Waals surface area contributed by atoms with Crippen molar-refractivity contribution in [3.05, 3.63) is 30.2 Å². The average molecular weight is 287 g/mol. The lowest BCUT2D eigenvalue weighted by atomic mass is 9.97. The highest BCUT2D eigenvalue weighted by molar-refractivity contribution is 5.05. The van der Waals surface area contributed by atoms with Crippen LogP contribution in [-0.2, 0) is 6.54 Å². The van der Waals surface area contributed by atoms with E-state index in [1.807, 2.05) is 23.1 Å². The minimum absolute atomic E-state index is 0.424. The zero-order chi connectivity index (χ0) is 14.1. The normalized spacial score (nSPS) is 23.5. The fourth-order valence-corrected chi connectivity index (χ4v) is 3.06. The third-order valence-corrected chi connectivity index (χ3v) is 4.46. The Morgan fingerprint density at radius 1 is 1.19 bits per heavy atom. The second-order valence-electron chi connectivity index (χ2n) is 6.17. The Morgan fingerprint density at radius 2 is 2.14 bits per heavy atom. The number of piperidine rings is 1. The summed E-state index contributed by atoms with van der Waals surface area (Å²) in [6.07, 6.45) is 8.64. The standard InChI is InChI=1S/C15H21N5O/c1-3-13(14-17-15(21-18-14)12-4-5-12)11-19(7-1)9-10-20-8-2-6-16-20/h2,6,8,12-13H,1,3-5,7,9-11H2/t13-/m0/s1. The molecule has 21 heavy (non-hydrogen) atoms. The zero-order valence-electron chi connectivity index (χ0n) is 12.2. The van der Waals surface area contributed by atoms with E-state index < -0.39 is 0 Å². The minimum Gasteiger partial charge on any atom is -0.339 e. The molecule has 0 unspecified atom stereocenters. The number of aromatic nitrogens is 4. The molecule has 0 radical (unpaired) electrons. The summed E-state index contributed by atoms with van der Waals surface area (Å²) in [5.74, 6) is 2.75. The molecule has 1 aliphatic carbocycles. The summed E-state index contributed by atoms with van der Waals surface area (Å²) >= 11 is 0. The van der Waals surface area contributed by atoms with Crippen molar-refractivity contribution in [2.24, 2.45) is 0 Å². The Labute approximate surface area is 124 Å². The van der Waals surface area contributed by atoms with Gasteiger partial charge in [0.1, 0.15) is 0 Å². The third kappa shape index (κ3) is 3.00. The molecule has 0 spiro atoms. The van der Waals surface area contributed by atoms with E-state index in [1.165, 1.54) is 25.7 Å². The van der Waals surface area contributed by atoms with Crippen molar-refractivity contribution in [1.82, 2.24) is 24.8 Å². The van der Waals surface area contributed by atoms with E-state index in [1.54, 1.807) is 0 Å². The number of likely N-dealkylation sites (tertiary alicyclic amines) is 1. The van der Waals surface area contributed by atoms with Gasteiger partial charge in [0, 0.05) is 37.3 Å². The van der Waals surface area contributed by atoms with Crippen molar-refractivity contribution in [2.45, 2.75) is 44.1 Å². The first-order valence-electron chi connectivity index (χ1n) is 7.92. The molecule has 0 amide bonds. The summed E-state index contributed by atoms with van der Waals surface area (Å²) in [6.45, 7) is 4.17. The van der Waals surface area contributed by atoms with Crippen LogP contribution in [0.5, 0.6) is 0 Å². The van der Waals surface area contributed by atoms with Crippen LogP contribution in [0.4, 0.5) is 0 Å². The number of rotatable bonds is 5. The van der Waals surface area contributed by atoms with Crippen LogP contribution in [0.15, 0.2) is 23.0 Å². The summed E-state index contributed by atoms with van der Waals surface area (Å²) in [6, 6.07) is 1.97. The van der Waals surface area contributed by atoms with Crippen molar-refractivity contribution in [1.29, 1.82) is 0 Å². The highest BCUT2D eigenvalue weighted by Crippen LogP contribution is 2.39. The number of hydrogen-bond donors (Lipinski definition) is 0. The van der Waals surface area contributed by atoms with E-state index in [4.69, 9.17) is 4.52 Å². The fraction of sp³-hybridized carbons (Fsp3) is 0.667. The minimum atomic E-state index is 0.424. The average Bonchev–Trinajstić information content (AvgIpc) is 3.05. The molecule has 0 bridgehead atoms. The lowest BCUT2D eigenvalue weighted by Gasteiger charge is -2.31. The lowest BCUT2D eigenvalue weighted by Crippen LogP contribution is -2.36. The molecule has 1 atom stereocenters. The summed E-state index contributed by atoms with van der Waals surface area (Å²) in [5.41, 5.74) is 0. The van der Waals surface area contributed by atoms with E-state index in [2.05, 4.69) is 20.1 Å². The summed E-state index contributed by atoms with van der Waals surface area (Å²) < 4.78 is 7.39. The second kappa shape index (κ2) is 5.60. The van der Waals surface area contributed by atoms with Crippen LogP contribution in [0.2, 0.25) is 0 Å². The molecule has 2 aromatic heterocycles. The summed E-state index contributed by atoms with van der Waals surface area (Å²) in [5, 5.41) is 8.47. The van der Waals surface area contributed by atoms with Crippen molar-refractivity contribution in [3.63, 3.8) is 0 Å². The van der Waals surface area contributed by atoms with Gasteiger partial charge in [0.15, 0.2) is 5.82 Å². The van der Waals surface area contributed by atoms with E-state index in [0.29, 0.717) is 11.8 Å². The highest BCUT2D eigenvalue weighted by atomic mass is 16.5. The van der Waals surface area contributed by atoms with Gasteiger partial charge in [-0.2, -0.15) is 10.1 Å². The topological polar surface area (TPSA) is 60.0 Å². The van der Waals surface area contributed by atoms with E-state index in [0.717, 1.165) is 37.9 Å². The molecular weight excluding hydrogens is 266 g/mol. The second-order valence-corrected chi connectivity index (χ2v) is 6.17. The van der Waals surface area contributed by atoms with Crippen LogP contribution in [0.1, 0.15) is 49.2 Å². The Bertz CT molecular complexity index is 575. The molecule has 6 nitrogen and oxygen atoms in total. The summed E-state index contributed by atoms with van der Waals surface area (Å²) in [7, 11) is 0. The molecule has 2 aromatic rings. The van der Waals surface area contributed by atoms with Crippen LogP contribution < -0.4 is 0 Å². The van der Waals surface area contributed by atoms with Gasteiger partial charge in [-0.3, -0.25) is 4.68 Å². The van der Waals surface area contributed by atoms with E-state index in [9.17, 15) is 0 Å². The van der Waals surface area contributed by atoms with Crippen LogP contribution in [0.25, 0.3) is 0 Å². The van der Waals surface area contributed by atoms with Gasteiger partial charge in [0.05, 0.1) is 6.54 Å². The molecule has 1 aliphatic heterocycles. The Kier molecular flexibility index (Phi) is 3.47. The van der Waals surface area contributed by atoms with Crippen LogP contribution in [-0.4, -0.2) is 44.5 Å². The van der Waals surface area contributed by atoms with Gasteiger partial charge < -0.3 is 9.42 Å². The molecule has 112 valence electrons. The molecule has 4 rings (SSSR count). The van der Waals surface area contributed by atoms with Gasteiger partial charge in [-0.15, -0.1) is 0 Å². The van der Waals surface area contributed by atoms with E-state index in [-0.39, 0.29) is 0 Å². The Morgan fingerprint density at radius 3 is 2.95 bits per heavy atom. The molecule has 3 heterocycles. The largest absolute Gasteiger partial charge is 0.339 e.